The average Bonchev–Trinajstić information content (AvgIpc) is 3.59. The number of carbonyl (C=O) groups excluding carboxylic acids is 5. The molecule has 318 valence electrons. The van der Waals surface area contributed by atoms with Gasteiger partial charge in [0.15, 0.2) is 35.2 Å². The number of nitrogens with zero attached hydrogens (tertiary/aromatic N) is 2. The maximum absolute atomic E-state index is 17.9. The Balaban J connectivity index is 1.19. The summed E-state index contributed by atoms with van der Waals surface area (Å²) in [6.07, 6.45) is 2.07. The molecule has 0 aromatic heterocycles. The molecule has 9 atom stereocenters. The van der Waals surface area contributed by atoms with Crippen molar-refractivity contribution in [2.75, 3.05) is 33.5 Å². The second-order valence-corrected chi connectivity index (χ2v) is 15.6. The van der Waals surface area contributed by atoms with E-state index in [-0.39, 0.29) is 68.3 Å². The van der Waals surface area contributed by atoms with Crippen LogP contribution in [0.4, 0.5) is 9.18 Å². The van der Waals surface area contributed by atoms with Crippen LogP contribution in [0.25, 0.3) is 0 Å². The number of rotatable bonds is 16. The molecule has 0 amide bonds. The highest BCUT2D eigenvalue weighted by Crippen LogP contribution is 2.73. The minimum absolute atomic E-state index is 0.0126. The lowest BCUT2D eigenvalue weighted by Gasteiger charge is -2.62. The van der Waals surface area contributed by atoms with Crippen molar-refractivity contribution in [3.8, 4) is 11.5 Å². The lowest BCUT2D eigenvalue weighted by molar-refractivity contribution is -0.493. The third kappa shape index (κ3) is 7.41. The van der Waals surface area contributed by atoms with Gasteiger partial charge in [0.1, 0.15) is 0 Å². The summed E-state index contributed by atoms with van der Waals surface area (Å²) in [5.41, 5.74) is -6.38. The zero-order valence-electron chi connectivity index (χ0n) is 32.0. The number of aliphatic hydroxyl groups is 1. The standard InChI is InChI=1S/C38H47FN2O17/c1-35-12-10-23(42)17-22(35)7-8-25-27-18-26-24(11-15-56-41(50)51)33(46)58-38(26,36(27,2)19-30(43)37(25,35)39)31(44)20-54-34(47)57-28-9-6-21(16-29(28)52-3)32(45)53-13-4-5-14-55-40(48)49/h6,9-10,12,16-17,24-27,30,43,48-51H,4-5,7-8,11,13-15,18-20H2,1-3H3/t24?,25?,26-,27?,30-,35-,36-,37-,38-/m0/s1. The van der Waals surface area contributed by atoms with Crippen LogP contribution in [-0.4, -0.2) is 117 Å². The number of methoxy groups -OCH3 is 1. The van der Waals surface area contributed by atoms with E-state index in [1.807, 2.05) is 0 Å². The van der Waals surface area contributed by atoms with Gasteiger partial charge in [-0.3, -0.25) is 44.9 Å². The zero-order chi connectivity index (χ0) is 42.2. The second kappa shape index (κ2) is 16.7. The molecule has 6 rings (SSSR count). The molecule has 4 aliphatic carbocycles. The van der Waals surface area contributed by atoms with Crippen molar-refractivity contribution >= 4 is 29.7 Å². The fourth-order valence-corrected chi connectivity index (χ4v) is 10.3. The first-order valence-corrected chi connectivity index (χ1v) is 18.8. The third-order valence-electron chi connectivity index (χ3n) is 12.9. The summed E-state index contributed by atoms with van der Waals surface area (Å²) in [5, 5.41) is 46.2. The van der Waals surface area contributed by atoms with Crippen molar-refractivity contribution in [2.45, 2.75) is 76.2 Å². The van der Waals surface area contributed by atoms with Crippen molar-refractivity contribution in [3.63, 3.8) is 0 Å². The van der Waals surface area contributed by atoms with E-state index >= 15 is 4.39 Å². The molecular weight excluding hydrogens is 775 g/mol. The Bertz CT molecular complexity index is 1860. The first-order chi connectivity index (χ1) is 27.4. The van der Waals surface area contributed by atoms with Crippen molar-refractivity contribution in [1.82, 2.24) is 10.8 Å². The van der Waals surface area contributed by atoms with Gasteiger partial charge in [0.05, 0.1) is 55.3 Å². The van der Waals surface area contributed by atoms with Crippen LogP contribution in [0.2, 0.25) is 0 Å². The normalized spacial score (nSPS) is 33.4. The number of esters is 2. The Morgan fingerprint density at radius 2 is 1.66 bits per heavy atom. The van der Waals surface area contributed by atoms with Gasteiger partial charge in [0, 0.05) is 22.7 Å². The summed E-state index contributed by atoms with van der Waals surface area (Å²) in [5.74, 6) is -6.35. The van der Waals surface area contributed by atoms with Gasteiger partial charge in [-0.25, -0.2) is 14.0 Å². The number of hydrogen-bond acceptors (Lipinski definition) is 19. The number of ether oxygens (including phenoxy) is 5. The Labute approximate surface area is 331 Å². The quantitative estimate of drug-likeness (QED) is 0.0524. The molecule has 3 saturated carbocycles. The molecular formula is C38H47FN2O17. The Morgan fingerprint density at radius 1 is 0.948 bits per heavy atom. The predicted octanol–water partition coefficient (Wildman–Crippen LogP) is 3.64. The van der Waals surface area contributed by atoms with E-state index in [1.54, 1.807) is 13.8 Å². The lowest BCUT2D eigenvalue weighted by Crippen LogP contribution is -2.69. The minimum Gasteiger partial charge on any atom is -0.493 e. The van der Waals surface area contributed by atoms with Gasteiger partial charge >= 0.3 is 18.1 Å². The van der Waals surface area contributed by atoms with Crippen LogP contribution in [0.15, 0.2) is 42.0 Å². The van der Waals surface area contributed by atoms with Crippen LogP contribution in [0.1, 0.15) is 69.2 Å². The van der Waals surface area contributed by atoms with Gasteiger partial charge in [-0.05, 0) is 88.1 Å². The number of Topliss-reactive ketones (excluding diaryl/α,β-unsaturated/α-hetero) is 1. The highest BCUT2D eigenvalue weighted by Gasteiger charge is 2.80. The zero-order valence-corrected chi connectivity index (χ0v) is 32.0. The monoisotopic (exact) mass is 822 g/mol. The van der Waals surface area contributed by atoms with Crippen LogP contribution < -0.4 is 9.47 Å². The summed E-state index contributed by atoms with van der Waals surface area (Å²) >= 11 is 0. The Kier molecular flexibility index (Phi) is 12.4. The second-order valence-electron chi connectivity index (χ2n) is 15.6. The molecule has 0 spiro atoms. The van der Waals surface area contributed by atoms with Crippen molar-refractivity contribution in [1.29, 1.82) is 0 Å². The first-order valence-electron chi connectivity index (χ1n) is 18.8. The smallest absolute Gasteiger partial charge is 0.493 e. The molecule has 3 unspecified atom stereocenters. The number of aliphatic hydroxyl groups excluding tert-OH is 1. The summed E-state index contributed by atoms with van der Waals surface area (Å²) < 4.78 is 45.0. The van der Waals surface area contributed by atoms with Crippen LogP contribution in [-0.2, 0) is 38.3 Å². The van der Waals surface area contributed by atoms with E-state index in [2.05, 4.69) is 4.84 Å². The number of benzene rings is 1. The number of hydrogen-bond donors (Lipinski definition) is 5. The van der Waals surface area contributed by atoms with E-state index < -0.39 is 93.1 Å². The minimum atomic E-state index is -2.26. The maximum atomic E-state index is 17.9. The molecule has 5 aliphatic rings. The van der Waals surface area contributed by atoms with Crippen LogP contribution in [0, 0.1) is 34.5 Å². The summed E-state index contributed by atoms with van der Waals surface area (Å²) in [6.45, 7) is 1.93. The van der Waals surface area contributed by atoms with E-state index in [4.69, 9.17) is 49.4 Å². The number of carbonyl (C=O) groups is 5. The topological polar surface area (TPSA) is 258 Å². The summed E-state index contributed by atoms with van der Waals surface area (Å²) in [7, 11) is 1.25. The van der Waals surface area contributed by atoms with Crippen LogP contribution >= 0.6 is 0 Å². The van der Waals surface area contributed by atoms with E-state index in [1.165, 1.54) is 43.5 Å². The molecule has 5 N–H and O–H groups in total. The molecule has 58 heavy (non-hydrogen) atoms. The molecule has 4 fully saturated rings. The number of fused-ring (bicyclic) bond motifs is 7. The number of alkyl halides is 1. The van der Waals surface area contributed by atoms with Crippen LogP contribution in [0.3, 0.4) is 0 Å². The largest absolute Gasteiger partial charge is 0.514 e. The van der Waals surface area contributed by atoms with E-state index in [9.17, 15) is 29.1 Å². The van der Waals surface area contributed by atoms with Gasteiger partial charge in [0.2, 0.25) is 5.78 Å². The average molecular weight is 823 g/mol. The molecule has 19 nitrogen and oxygen atoms in total. The van der Waals surface area contributed by atoms with Crippen molar-refractivity contribution in [3.05, 3.63) is 47.6 Å². The van der Waals surface area contributed by atoms with E-state index in [0.717, 1.165) is 0 Å². The molecule has 1 aliphatic heterocycles. The number of ketones is 2. The van der Waals surface area contributed by atoms with Crippen LogP contribution in [0.5, 0.6) is 11.5 Å². The maximum Gasteiger partial charge on any atom is 0.514 e. The van der Waals surface area contributed by atoms with Gasteiger partial charge in [0.25, 0.3) is 0 Å². The predicted molar refractivity (Wildman–Crippen MR) is 186 cm³/mol. The molecule has 1 saturated heterocycles. The lowest BCUT2D eigenvalue weighted by atomic mass is 9.44. The molecule has 0 radical (unpaired) electrons. The molecule has 1 heterocycles. The summed E-state index contributed by atoms with van der Waals surface area (Å²) in [6, 6.07) is 3.78. The molecule has 1 aromatic rings. The fraction of sp³-hybridized carbons (Fsp3) is 0.605. The fourth-order valence-electron chi connectivity index (χ4n) is 10.3. The van der Waals surface area contributed by atoms with Crippen molar-refractivity contribution in [2.24, 2.45) is 34.5 Å². The number of unbranched alkanes of at least 4 members (excludes halogenated alkanes) is 1. The van der Waals surface area contributed by atoms with Gasteiger partial charge < -0.3 is 28.8 Å². The highest BCUT2D eigenvalue weighted by molar-refractivity contribution is 6.01. The SMILES string of the molecule is COc1cc(C(=O)OCCCCON(O)O)ccc1OC(=O)OCC(=O)[C@@]12OC(=O)C(CCON(O)O)[C@@H]1CC1C3CCC4=CC(=O)C=C[C@]4(C)[C@@]3(F)[C@@H](O)C[C@@]12C. The number of allylic oxidation sites excluding steroid dienone is 4. The molecule has 0 bridgehead atoms. The molecule has 1 aromatic carbocycles. The first kappa shape index (κ1) is 43.2. The van der Waals surface area contributed by atoms with Gasteiger partial charge in [-0.2, -0.15) is 0 Å². The summed E-state index contributed by atoms with van der Waals surface area (Å²) in [4.78, 5) is 75.2. The van der Waals surface area contributed by atoms with Gasteiger partial charge in [-0.1, -0.05) is 18.6 Å². The Hall–Kier alpha value is -4.38. The van der Waals surface area contributed by atoms with Crippen molar-refractivity contribution < 1.29 is 87.7 Å². The number of halogens is 1. The third-order valence-corrected chi connectivity index (χ3v) is 12.9. The van der Waals surface area contributed by atoms with Gasteiger partial charge in [-0.15, -0.1) is 0 Å². The highest BCUT2D eigenvalue weighted by atomic mass is 19.1. The Morgan fingerprint density at radius 3 is 2.36 bits per heavy atom. The van der Waals surface area contributed by atoms with E-state index in [0.29, 0.717) is 24.8 Å². The molecule has 20 heteroatoms.